The summed E-state index contributed by atoms with van der Waals surface area (Å²) in [5, 5.41) is 2.20. The van der Waals surface area contributed by atoms with Gasteiger partial charge in [0.15, 0.2) is 5.82 Å². The summed E-state index contributed by atoms with van der Waals surface area (Å²) in [6.45, 7) is 0. The van der Waals surface area contributed by atoms with Crippen molar-refractivity contribution in [3.63, 3.8) is 0 Å². The standard InChI is InChI=1S/C14H10BrN3O/c15-12-10-4-2-1-3-9(10)5-6-11(12)19-14-13(16)17-7-8-18-14/h1-8H,(H2,16,17). The highest BCUT2D eigenvalue weighted by Gasteiger charge is 2.09. The molecule has 19 heavy (non-hydrogen) atoms. The fraction of sp³-hybridized carbons (Fsp3) is 0. The summed E-state index contributed by atoms with van der Waals surface area (Å²) in [6, 6.07) is 11.9. The van der Waals surface area contributed by atoms with E-state index in [1.807, 2.05) is 36.4 Å². The Kier molecular flexibility index (Phi) is 3.05. The Hall–Kier alpha value is -2.14. The van der Waals surface area contributed by atoms with Gasteiger partial charge in [-0.2, -0.15) is 0 Å². The molecule has 0 unspecified atom stereocenters. The van der Waals surface area contributed by atoms with Gasteiger partial charge in [-0.25, -0.2) is 9.97 Å². The zero-order valence-corrected chi connectivity index (χ0v) is 11.5. The number of benzene rings is 2. The van der Waals surface area contributed by atoms with Gasteiger partial charge in [0, 0.05) is 12.4 Å². The highest BCUT2D eigenvalue weighted by molar-refractivity contribution is 9.10. The minimum Gasteiger partial charge on any atom is -0.435 e. The van der Waals surface area contributed by atoms with Crippen LogP contribution in [0.15, 0.2) is 53.3 Å². The Morgan fingerprint density at radius 2 is 1.79 bits per heavy atom. The lowest BCUT2D eigenvalue weighted by molar-refractivity contribution is 0.461. The topological polar surface area (TPSA) is 61.0 Å². The summed E-state index contributed by atoms with van der Waals surface area (Å²) in [5.74, 6) is 1.23. The molecule has 3 aromatic rings. The molecule has 0 radical (unpaired) electrons. The van der Waals surface area contributed by atoms with Crippen LogP contribution in [0, 0.1) is 0 Å². The van der Waals surface area contributed by atoms with Crippen molar-refractivity contribution in [2.24, 2.45) is 0 Å². The second-order valence-electron chi connectivity index (χ2n) is 3.95. The van der Waals surface area contributed by atoms with Crippen LogP contribution < -0.4 is 10.5 Å². The van der Waals surface area contributed by atoms with Crippen molar-refractivity contribution in [3.8, 4) is 11.6 Å². The molecule has 0 aliphatic carbocycles. The van der Waals surface area contributed by atoms with Gasteiger partial charge in [0.25, 0.3) is 5.88 Å². The first-order valence-corrected chi connectivity index (χ1v) is 6.46. The van der Waals surface area contributed by atoms with Gasteiger partial charge in [-0.15, -0.1) is 0 Å². The van der Waals surface area contributed by atoms with Gasteiger partial charge in [-0.3, -0.25) is 0 Å². The van der Waals surface area contributed by atoms with Crippen LogP contribution in [-0.2, 0) is 0 Å². The molecular weight excluding hydrogens is 306 g/mol. The molecule has 4 nitrogen and oxygen atoms in total. The van der Waals surface area contributed by atoms with Crippen molar-refractivity contribution in [2.45, 2.75) is 0 Å². The number of nitrogens with two attached hydrogens (primary N) is 1. The Morgan fingerprint density at radius 1 is 1.00 bits per heavy atom. The molecule has 1 aromatic heterocycles. The molecule has 0 amide bonds. The fourth-order valence-corrected chi connectivity index (χ4v) is 2.39. The van der Waals surface area contributed by atoms with Crippen molar-refractivity contribution < 1.29 is 4.74 Å². The molecule has 0 saturated heterocycles. The third kappa shape index (κ3) is 2.24. The first-order chi connectivity index (χ1) is 9.25. The molecule has 2 aromatic carbocycles. The van der Waals surface area contributed by atoms with Crippen LogP contribution in [0.4, 0.5) is 5.82 Å². The van der Waals surface area contributed by atoms with Crippen molar-refractivity contribution in [1.29, 1.82) is 0 Å². The Morgan fingerprint density at radius 3 is 2.63 bits per heavy atom. The maximum atomic E-state index is 5.72. The van der Waals surface area contributed by atoms with Gasteiger partial charge in [0.2, 0.25) is 0 Å². The Bertz CT molecular complexity index is 746. The van der Waals surface area contributed by atoms with Gasteiger partial charge < -0.3 is 10.5 Å². The number of rotatable bonds is 2. The molecule has 0 aliphatic heterocycles. The van der Waals surface area contributed by atoms with E-state index in [0.29, 0.717) is 11.6 Å². The number of aromatic nitrogens is 2. The lowest BCUT2D eigenvalue weighted by Gasteiger charge is -2.09. The molecule has 2 N–H and O–H groups in total. The van der Waals surface area contributed by atoms with Crippen LogP contribution in [0.1, 0.15) is 0 Å². The maximum Gasteiger partial charge on any atom is 0.262 e. The molecule has 94 valence electrons. The van der Waals surface area contributed by atoms with Crippen LogP contribution in [0.2, 0.25) is 0 Å². The third-order valence-corrected chi connectivity index (χ3v) is 3.54. The van der Waals surface area contributed by atoms with E-state index in [0.717, 1.165) is 15.2 Å². The summed E-state index contributed by atoms with van der Waals surface area (Å²) >= 11 is 3.55. The molecule has 3 rings (SSSR count). The first kappa shape index (κ1) is 11.9. The van der Waals surface area contributed by atoms with E-state index in [2.05, 4.69) is 25.9 Å². The number of nitrogen functional groups attached to an aromatic ring is 1. The SMILES string of the molecule is Nc1nccnc1Oc1ccc2ccccc2c1Br. The predicted molar refractivity (Wildman–Crippen MR) is 78.2 cm³/mol. The molecule has 1 heterocycles. The van der Waals surface area contributed by atoms with Crippen molar-refractivity contribution in [3.05, 3.63) is 53.3 Å². The monoisotopic (exact) mass is 315 g/mol. The summed E-state index contributed by atoms with van der Waals surface area (Å²) in [7, 11) is 0. The number of hydrogen-bond acceptors (Lipinski definition) is 4. The minimum atomic E-state index is 0.266. The van der Waals surface area contributed by atoms with Crippen molar-refractivity contribution in [1.82, 2.24) is 9.97 Å². The zero-order valence-electron chi connectivity index (χ0n) is 9.88. The maximum absolute atomic E-state index is 5.72. The fourth-order valence-electron chi connectivity index (χ4n) is 1.81. The van der Waals surface area contributed by atoms with Crippen molar-refractivity contribution >= 4 is 32.5 Å². The Labute approximate surface area is 118 Å². The zero-order chi connectivity index (χ0) is 13.2. The molecule has 0 saturated carbocycles. The number of hydrogen-bond donors (Lipinski definition) is 1. The molecule has 0 bridgehead atoms. The predicted octanol–water partition coefficient (Wildman–Crippen LogP) is 3.77. The molecule has 5 heteroatoms. The van der Waals surface area contributed by atoms with E-state index < -0.39 is 0 Å². The molecule has 0 atom stereocenters. The highest BCUT2D eigenvalue weighted by Crippen LogP contribution is 2.36. The third-order valence-electron chi connectivity index (χ3n) is 2.73. The molecule has 0 aliphatic rings. The van der Waals surface area contributed by atoms with E-state index in [-0.39, 0.29) is 5.82 Å². The van der Waals surface area contributed by atoms with E-state index in [1.165, 1.54) is 6.20 Å². The minimum absolute atomic E-state index is 0.266. The molecule has 0 fully saturated rings. The summed E-state index contributed by atoms with van der Waals surface area (Å²) in [5.41, 5.74) is 5.72. The van der Waals surface area contributed by atoms with E-state index in [9.17, 15) is 0 Å². The van der Waals surface area contributed by atoms with Gasteiger partial charge in [0.1, 0.15) is 5.75 Å². The van der Waals surface area contributed by atoms with E-state index in [4.69, 9.17) is 10.5 Å². The average Bonchev–Trinajstić information content (AvgIpc) is 2.44. The van der Waals surface area contributed by atoms with Crippen LogP contribution >= 0.6 is 15.9 Å². The normalized spacial score (nSPS) is 10.6. The highest BCUT2D eigenvalue weighted by atomic mass is 79.9. The summed E-state index contributed by atoms with van der Waals surface area (Å²) in [4.78, 5) is 8.01. The quantitative estimate of drug-likeness (QED) is 0.782. The van der Waals surface area contributed by atoms with E-state index in [1.54, 1.807) is 6.20 Å². The second-order valence-corrected chi connectivity index (χ2v) is 4.74. The number of fused-ring (bicyclic) bond motifs is 1. The van der Waals surface area contributed by atoms with Crippen LogP contribution in [0.5, 0.6) is 11.6 Å². The van der Waals surface area contributed by atoms with Crippen LogP contribution in [0.25, 0.3) is 10.8 Å². The van der Waals surface area contributed by atoms with Crippen molar-refractivity contribution in [2.75, 3.05) is 5.73 Å². The number of anilines is 1. The smallest absolute Gasteiger partial charge is 0.262 e. The first-order valence-electron chi connectivity index (χ1n) is 5.67. The van der Waals surface area contributed by atoms with Gasteiger partial charge in [0.05, 0.1) is 4.47 Å². The average molecular weight is 316 g/mol. The molecular formula is C14H10BrN3O. The summed E-state index contributed by atoms with van der Waals surface area (Å²) in [6.07, 6.45) is 3.07. The van der Waals surface area contributed by atoms with Crippen LogP contribution in [0.3, 0.4) is 0 Å². The lowest BCUT2D eigenvalue weighted by Crippen LogP contribution is -1.97. The van der Waals surface area contributed by atoms with Gasteiger partial charge in [-0.1, -0.05) is 30.3 Å². The Balaban J connectivity index is 2.07. The summed E-state index contributed by atoms with van der Waals surface area (Å²) < 4.78 is 6.57. The number of halogens is 1. The van der Waals surface area contributed by atoms with Gasteiger partial charge >= 0.3 is 0 Å². The lowest BCUT2D eigenvalue weighted by atomic mass is 10.1. The second kappa shape index (κ2) is 4.85. The number of nitrogens with zero attached hydrogens (tertiary/aromatic N) is 2. The number of ether oxygens (including phenoxy) is 1. The van der Waals surface area contributed by atoms with E-state index >= 15 is 0 Å². The molecule has 0 spiro atoms. The largest absolute Gasteiger partial charge is 0.435 e. The van der Waals surface area contributed by atoms with Gasteiger partial charge in [-0.05, 0) is 32.8 Å². The van der Waals surface area contributed by atoms with Crippen LogP contribution in [-0.4, -0.2) is 9.97 Å².